The van der Waals surface area contributed by atoms with Gasteiger partial charge >= 0.3 is 0 Å². The highest BCUT2D eigenvalue weighted by Gasteiger charge is 2.25. The van der Waals surface area contributed by atoms with Crippen LogP contribution in [0.2, 0.25) is 0 Å². The molecule has 0 spiro atoms. The summed E-state index contributed by atoms with van der Waals surface area (Å²) in [5.41, 5.74) is 0. The van der Waals surface area contributed by atoms with E-state index in [0.29, 0.717) is 25.2 Å². The third kappa shape index (κ3) is 3.27. The van der Waals surface area contributed by atoms with Gasteiger partial charge in [0.1, 0.15) is 0 Å². The second-order valence-corrected chi connectivity index (χ2v) is 4.06. The maximum Gasteiger partial charge on any atom is 0.233 e. The van der Waals surface area contributed by atoms with Crippen LogP contribution in [0.1, 0.15) is 20.3 Å². The molecule has 1 amide bonds. The van der Waals surface area contributed by atoms with Crippen LogP contribution in [0.3, 0.4) is 0 Å². The molecule has 0 aromatic rings. The minimum Gasteiger partial charge on any atom is -0.355 e. The minimum absolute atomic E-state index is 0.0923. The van der Waals surface area contributed by atoms with E-state index in [9.17, 15) is 4.79 Å². The Morgan fingerprint density at radius 1 is 1.57 bits per heavy atom. The van der Waals surface area contributed by atoms with Crippen LogP contribution in [-0.2, 0) is 4.79 Å². The van der Waals surface area contributed by atoms with E-state index in [2.05, 4.69) is 29.5 Å². The van der Waals surface area contributed by atoms with E-state index < -0.39 is 0 Å². The van der Waals surface area contributed by atoms with Crippen LogP contribution in [0.25, 0.3) is 0 Å². The molecule has 2 N–H and O–H groups in total. The van der Waals surface area contributed by atoms with E-state index in [1.165, 1.54) is 0 Å². The molecular formula is C10H21N3O. The van der Waals surface area contributed by atoms with Crippen molar-refractivity contribution in [3.8, 4) is 0 Å². The molecule has 2 unspecified atom stereocenters. The van der Waals surface area contributed by atoms with Crippen LogP contribution < -0.4 is 10.6 Å². The first-order valence-electron chi connectivity index (χ1n) is 5.33. The van der Waals surface area contributed by atoms with Crippen LogP contribution in [0, 0.1) is 0 Å². The molecule has 1 aliphatic heterocycles. The molecule has 1 rings (SSSR count). The van der Waals surface area contributed by atoms with E-state index >= 15 is 0 Å². The van der Waals surface area contributed by atoms with Crippen LogP contribution in [0.15, 0.2) is 0 Å². The Balaban J connectivity index is 2.17. The molecule has 0 bridgehead atoms. The van der Waals surface area contributed by atoms with Crippen molar-refractivity contribution in [3.63, 3.8) is 0 Å². The van der Waals surface area contributed by atoms with Gasteiger partial charge in [-0.2, -0.15) is 0 Å². The number of hydrogen-bond acceptors (Lipinski definition) is 3. The number of amides is 1. The lowest BCUT2D eigenvalue weighted by molar-refractivity contribution is -0.120. The Kier molecular flexibility index (Phi) is 4.35. The fraction of sp³-hybridized carbons (Fsp3) is 0.900. The summed E-state index contributed by atoms with van der Waals surface area (Å²) in [6, 6.07) is 1.10. The highest BCUT2D eigenvalue weighted by atomic mass is 16.1. The summed E-state index contributed by atoms with van der Waals surface area (Å²) >= 11 is 0. The zero-order valence-electron chi connectivity index (χ0n) is 9.34. The van der Waals surface area contributed by atoms with Gasteiger partial charge in [-0.1, -0.05) is 0 Å². The lowest BCUT2D eigenvalue weighted by Gasteiger charge is -2.13. The second kappa shape index (κ2) is 5.32. The Morgan fingerprint density at radius 2 is 2.29 bits per heavy atom. The van der Waals surface area contributed by atoms with E-state index in [4.69, 9.17) is 0 Å². The Hall–Kier alpha value is -0.610. The van der Waals surface area contributed by atoms with Gasteiger partial charge in [0.05, 0.1) is 6.54 Å². The molecule has 0 radical (unpaired) electrons. The van der Waals surface area contributed by atoms with Gasteiger partial charge in [0, 0.05) is 25.2 Å². The molecular weight excluding hydrogens is 178 g/mol. The number of nitrogens with zero attached hydrogens (tertiary/aromatic N) is 1. The molecule has 2 atom stereocenters. The molecule has 1 heterocycles. The lowest BCUT2D eigenvalue weighted by atomic mass is 10.2. The third-order valence-electron chi connectivity index (χ3n) is 2.81. The van der Waals surface area contributed by atoms with Crippen molar-refractivity contribution >= 4 is 5.91 Å². The number of nitrogens with one attached hydrogen (secondary N) is 2. The van der Waals surface area contributed by atoms with Crippen LogP contribution in [0.4, 0.5) is 0 Å². The summed E-state index contributed by atoms with van der Waals surface area (Å²) < 4.78 is 0. The molecule has 1 fully saturated rings. The molecule has 1 saturated heterocycles. The Morgan fingerprint density at radius 3 is 2.79 bits per heavy atom. The number of rotatable bonds is 4. The van der Waals surface area contributed by atoms with Gasteiger partial charge in [-0.05, 0) is 27.3 Å². The number of likely N-dealkylation sites (tertiary alicyclic amines) is 1. The first-order valence-corrected chi connectivity index (χ1v) is 5.33. The molecule has 1 aliphatic rings. The zero-order valence-corrected chi connectivity index (χ0v) is 9.34. The van der Waals surface area contributed by atoms with Crippen molar-refractivity contribution in [2.45, 2.75) is 32.4 Å². The van der Waals surface area contributed by atoms with Crippen LogP contribution in [0.5, 0.6) is 0 Å². The molecule has 4 heteroatoms. The molecule has 4 nitrogen and oxygen atoms in total. The zero-order chi connectivity index (χ0) is 10.6. The number of carbonyl (C=O) groups is 1. The van der Waals surface area contributed by atoms with E-state index in [-0.39, 0.29) is 5.91 Å². The van der Waals surface area contributed by atoms with Gasteiger partial charge in [0.15, 0.2) is 0 Å². The SMILES string of the molecule is CCNC(=O)CNC1CC(C)N(C)C1. The predicted molar refractivity (Wildman–Crippen MR) is 57.2 cm³/mol. The third-order valence-corrected chi connectivity index (χ3v) is 2.81. The summed E-state index contributed by atoms with van der Waals surface area (Å²) in [6.45, 7) is 6.35. The fourth-order valence-corrected chi connectivity index (χ4v) is 1.84. The van der Waals surface area contributed by atoms with Crippen molar-refractivity contribution in [2.75, 3.05) is 26.7 Å². The predicted octanol–water partition coefficient (Wildman–Crippen LogP) is -0.195. The highest BCUT2D eigenvalue weighted by molar-refractivity contribution is 5.77. The first kappa shape index (κ1) is 11.5. The van der Waals surface area contributed by atoms with Crippen molar-refractivity contribution in [1.29, 1.82) is 0 Å². The maximum atomic E-state index is 11.2. The molecule has 82 valence electrons. The monoisotopic (exact) mass is 199 g/mol. The van der Waals surface area contributed by atoms with Crippen molar-refractivity contribution < 1.29 is 4.79 Å². The van der Waals surface area contributed by atoms with Crippen LogP contribution in [-0.4, -0.2) is 49.6 Å². The Labute approximate surface area is 86.0 Å². The molecule has 0 aromatic heterocycles. The normalized spacial score (nSPS) is 27.9. The van der Waals surface area contributed by atoms with Gasteiger partial charge in [0.2, 0.25) is 5.91 Å². The number of carbonyl (C=O) groups excluding carboxylic acids is 1. The summed E-state index contributed by atoms with van der Waals surface area (Å²) in [7, 11) is 2.12. The van der Waals surface area contributed by atoms with Crippen molar-refractivity contribution in [1.82, 2.24) is 15.5 Å². The summed E-state index contributed by atoms with van der Waals surface area (Å²) in [5.74, 6) is 0.0923. The minimum atomic E-state index is 0.0923. The topological polar surface area (TPSA) is 44.4 Å². The van der Waals surface area contributed by atoms with Gasteiger partial charge in [0.25, 0.3) is 0 Å². The summed E-state index contributed by atoms with van der Waals surface area (Å²) in [6.07, 6.45) is 1.13. The van der Waals surface area contributed by atoms with Crippen molar-refractivity contribution in [2.24, 2.45) is 0 Å². The maximum absolute atomic E-state index is 11.2. The number of hydrogen-bond donors (Lipinski definition) is 2. The standard InChI is InChI=1S/C10H21N3O/c1-4-11-10(14)6-12-9-5-8(2)13(3)7-9/h8-9,12H,4-7H2,1-3H3,(H,11,14). The second-order valence-electron chi connectivity index (χ2n) is 4.06. The average molecular weight is 199 g/mol. The van der Waals surface area contributed by atoms with Gasteiger partial charge in [-0.3, -0.25) is 4.79 Å². The van der Waals surface area contributed by atoms with Gasteiger partial charge < -0.3 is 15.5 Å². The fourth-order valence-electron chi connectivity index (χ4n) is 1.84. The lowest BCUT2D eigenvalue weighted by Crippen LogP contribution is -2.40. The van der Waals surface area contributed by atoms with Gasteiger partial charge in [-0.25, -0.2) is 0 Å². The molecule has 14 heavy (non-hydrogen) atoms. The van der Waals surface area contributed by atoms with Crippen molar-refractivity contribution in [3.05, 3.63) is 0 Å². The summed E-state index contributed by atoms with van der Waals surface area (Å²) in [4.78, 5) is 13.5. The largest absolute Gasteiger partial charge is 0.355 e. The Bertz CT molecular complexity index is 186. The smallest absolute Gasteiger partial charge is 0.233 e. The quantitative estimate of drug-likeness (QED) is 0.659. The van der Waals surface area contributed by atoms with E-state index in [1.54, 1.807) is 0 Å². The molecule has 0 aliphatic carbocycles. The first-order chi connectivity index (χ1) is 6.63. The molecule has 0 saturated carbocycles. The van der Waals surface area contributed by atoms with Crippen LogP contribution >= 0.6 is 0 Å². The molecule has 0 aromatic carbocycles. The summed E-state index contributed by atoms with van der Waals surface area (Å²) in [5, 5.41) is 6.05. The highest BCUT2D eigenvalue weighted by Crippen LogP contribution is 2.14. The average Bonchev–Trinajstić information content (AvgIpc) is 2.44. The number of likely N-dealkylation sites (N-methyl/N-ethyl adjacent to an activating group) is 2. The van der Waals surface area contributed by atoms with E-state index in [1.807, 2.05) is 6.92 Å². The van der Waals surface area contributed by atoms with Gasteiger partial charge in [-0.15, -0.1) is 0 Å². The van der Waals surface area contributed by atoms with E-state index in [0.717, 1.165) is 13.0 Å².